The van der Waals surface area contributed by atoms with Crippen molar-refractivity contribution in [1.29, 1.82) is 0 Å². The smallest absolute Gasteiger partial charge is 0.418 e. The van der Waals surface area contributed by atoms with Gasteiger partial charge in [-0.05, 0) is 38.5 Å². The Labute approximate surface area is 695 Å². The normalized spacial score (nSPS) is 12.1. The standard InChI is InChI=1S/C102H210NP2.BF4/c1-7-13-19-25-31-37-43-49-55-61-67-73-79-85-91-97-104(98-92-86-80-74-68-62-56-50-44-38-32-26-20-14-8-2,99-93-87-81-75-69-63-57-51-45-39-33-27-21-15-9-3)103-105(100-94-88-82-76-70-64-58-52-46-40-34-28-22-16-10-4,101-95-89-83-77-71-65-59-53-47-41-35-29-23-17-11-5)102-96-90-84-78-72-66-60-54-48-42-36-30-24-18-12-6;2-1(3,4)5/h7-102H2,1-6H3;/q+1;-1. The lowest BCUT2D eigenvalue weighted by Crippen LogP contribution is -2.10. The van der Waals surface area contributed by atoms with Crippen LogP contribution in [0.3, 0.4) is 0 Å². The third-order valence-corrected chi connectivity index (χ3v) is 35.4. The zero-order chi connectivity index (χ0) is 80.1. The number of hydrogen-bond donors (Lipinski definition) is 0. The van der Waals surface area contributed by atoms with Crippen molar-refractivity contribution >= 4 is 21.4 Å². The minimum Gasteiger partial charge on any atom is -0.418 e. The van der Waals surface area contributed by atoms with E-state index in [0.29, 0.717) is 0 Å². The van der Waals surface area contributed by atoms with Crippen LogP contribution in [0.25, 0.3) is 0 Å². The third kappa shape index (κ3) is 95.5. The van der Waals surface area contributed by atoms with Crippen molar-refractivity contribution in [3.8, 4) is 0 Å². The van der Waals surface area contributed by atoms with Gasteiger partial charge in [0, 0.05) is 37.0 Å². The van der Waals surface area contributed by atoms with Crippen molar-refractivity contribution < 1.29 is 17.3 Å². The predicted octanol–water partition coefficient (Wildman–Crippen LogP) is 41.0. The molecule has 664 valence electrons. The van der Waals surface area contributed by atoms with Crippen LogP contribution < -0.4 is 4.17 Å². The maximum absolute atomic E-state index is 9.75. The topological polar surface area (TPSA) is 14.1 Å². The van der Waals surface area contributed by atoms with Crippen molar-refractivity contribution in [2.24, 2.45) is 0 Å². The van der Waals surface area contributed by atoms with Crippen molar-refractivity contribution in [3.05, 3.63) is 0 Å². The SMILES string of the molecule is CCCCCCCCCCCCCCCCCP(CCCCCCCCCCCCCCCCC)(CCCCCCCCCCCCCCCCC)=[N+]=P(CCCCCCCCCCCCCCCCC)(CCCCCCCCCCCCCCCCC)CCCCCCCCCCCCCCCCC.F[B-](F)(F)F. The van der Waals surface area contributed by atoms with Gasteiger partial charge < -0.3 is 17.3 Å². The molecule has 0 bridgehead atoms. The molecule has 0 unspecified atom stereocenters. The van der Waals surface area contributed by atoms with Crippen LogP contribution in [-0.2, 0) is 0 Å². The molecule has 0 N–H and O–H groups in total. The Balaban J connectivity index is 0. The largest absolute Gasteiger partial charge is 0.673 e. The molecule has 0 fully saturated rings. The number of halogens is 4. The molecule has 1 nitrogen and oxygen atoms in total. The lowest BCUT2D eigenvalue weighted by Gasteiger charge is -2.20. The molecule has 0 aromatic rings. The maximum atomic E-state index is 9.75. The van der Waals surface area contributed by atoms with Gasteiger partial charge in [-0.15, -0.1) is 0 Å². The zero-order valence-electron chi connectivity index (χ0n) is 77.3. The first-order valence-corrected chi connectivity index (χ1v) is 57.0. The predicted molar refractivity (Wildman–Crippen MR) is 505 cm³/mol. The van der Waals surface area contributed by atoms with Crippen LogP contribution >= 0.6 is 14.1 Å². The molecule has 0 amide bonds. The Morgan fingerprint density at radius 2 is 0.191 bits per heavy atom. The molecule has 0 rings (SSSR count). The fraction of sp³-hybridized carbons (Fsp3) is 1.00. The van der Waals surface area contributed by atoms with Crippen molar-refractivity contribution in [1.82, 2.24) is 4.17 Å². The van der Waals surface area contributed by atoms with E-state index in [1.165, 1.54) is 578 Å². The van der Waals surface area contributed by atoms with Gasteiger partial charge in [-0.3, -0.25) is 0 Å². The minimum absolute atomic E-state index is 1.37. The Kier molecular flexibility index (Phi) is 98.6. The Hall–Kier alpha value is 0.355. The zero-order valence-corrected chi connectivity index (χ0v) is 79.1. The summed E-state index contributed by atoms with van der Waals surface area (Å²) < 4.78 is 46.2. The molecule has 0 aromatic heterocycles. The lowest BCUT2D eigenvalue weighted by atomic mass is 10.0. The van der Waals surface area contributed by atoms with Crippen LogP contribution in [0.1, 0.15) is 619 Å². The average molecular weight is 1600 g/mol. The van der Waals surface area contributed by atoms with Gasteiger partial charge in [0.1, 0.15) is 0 Å². The molecule has 0 heterocycles. The van der Waals surface area contributed by atoms with Crippen LogP contribution in [0, 0.1) is 0 Å². The molecule has 0 aliphatic rings. The Morgan fingerprint density at radius 3 is 0.264 bits per heavy atom. The van der Waals surface area contributed by atoms with Crippen molar-refractivity contribution in [2.45, 2.75) is 619 Å². The van der Waals surface area contributed by atoms with Gasteiger partial charge in [0.05, 0.1) is 0 Å². The molecule has 110 heavy (non-hydrogen) atoms. The molecule has 0 saturated heterocycles. The van der Waals surface area contributed by atoms with E-state index in [2.05, 4.69) is 41.5 Å². The quantitative estimate of drug-likeness (QED) is 0.0189. The molecule has 0 radical (unpaired) electrons. The highest BCUT2D eigenvalue weighted by Crippen LogP contribution is 2.56. The highest BCUT2D eigenvalue weighted by molar-refractivity contribution is 7.73. The van der Waals surface area contributed by atoms with Crippen LogP contribution in [0.5, 0.6) is 0 Å². The van der Waals surface area contributed by atoms with Gasteiger partial charge in [0.15, 0.2) is 0 Å². The maximum Gasteiger partial charge on any atom is 0.673 e. The van der Waals surface area contributed by atoms with Crippen LogP contribution in [0.15, 0.2) is 0 Å². The van der Waals surface area contributed by atoms with Gasteiger partial charge in [0.25, 0.3) is 0 Å². The molecule has 0 spiro atoms. The van der Waals surface area contributed by atoms with Crippen molar-refractivity contribution in [3.63, 3.8) is 0 Å². The summed E-state index contributed by atoms with van der Waals surface area (Å²) in [4.78, 5) is 0. The summed E-state index contributed by atoms with van der Waals surface area (Å²) in [6.45, 7) is 14.1. The number of nitrogens with zero attached hydrogens (tertiary/aromatic N) is 1. The monoisotopic (exact) mass is 1600 g/mol. The van der Waals surface area contributed by atoms with Gasteiger partial charge in [-0.1, -0.05) is 581 Å². The second kappa shape index (κ2) is 96.5. The molecule has 0 aliphatic heterocycles. The van der Waals surface area contributed by atoms with E-state index in [4.69, 9.17) is 4.17 Å². The van der Waals surface area contributed by atoms with Crippen LogP contribution in [0.4, 0.5) is 17.3 Å². The summed E-state index contributed by atoms with van der Waals surface area (Å²) in [7, 11) is -8.94. The highest BCUT2D eigenvalue weighted by Gasteiger charge is 2.35. The van der Waals surface area contributed by atoms with E-state index in [9.17, 15) is 17.3 Å². The Bertz CT molecular complexity index is 1480. The molecule has 0 aromatic carbocycles. The van der Waals surface area contributed by atoms with E-state index in [1.54, 1.807) is 37.0 Å². The number of hydrogen-bond acceptors (Lipinski definition) is 0. The van der Waals surface area contributed by atoms with E-state index in [1.807, 2.05) is 0 Å². The average Bonchev–Trinajstić information content (AvgIpc) is 0.810. The molecule has 0 saturated carbocycles. The first-order chi connectivity index (χ1) is 54.1. The van der Waals surface area contributed by atoms with Crippen LogP contribution in [-0.4, -0.2) is 44.2 Å². The fourth-order valence-corrected chi connectivity index (χ4v) is 29.6. The highest BCUT2D eigenvalue weighted by atomic mass is 31.2. The molecule has 0 atom stereocenters. The molecule has 8 heteroatoms. The van der Waals surface area contributed by atoms with E-state index >= 15 is 0 Å². The van der Waals surface area contributed by atoms with Gasteiger partial charge in [-0.2, -0.15) is 4.17 Å². The first-order valence-electron chi connectivity index (χ1n) is 52.4. The van der Waals surface area contributed by atoms with E-state index < -0.39 is 21.4 Å². The summed E-state index contributed by atoms with van der Waals surface area (Å²) in [6, 6.07) is 0. The van der Waals surface area contributed by atoms with Crippen LogP contribution in [0.2, 0.25) is 0 Å². The molecular weight excluding hydrogens is 1390 g/mol. The summed E-state index contributed by atoms with van der Waals surface area (Å²) in [6.07, 6.45) is 142. The lowest BCUT2D eigenvalue weighted by molar-refractivity contribution is 0.368. The van der Waals surface area contributed by atoms with Gasteiger partial charge in [-0.25, -0.2) is 0 Å². The second-order valence-corrected chi connectivity index (χ2v) is 44.6. The first kappa shape index (κ1) is 112. The van der Waals surface area contributed by atoms with Gasteiger partial charge in [0.2, 0.25) is 14.1 Å². The summed E-state index contributed by atoms with van der Waals surface area (Å²) >= 11 is 0. The molecular formula is C102H210BF4NP2. The summed E-state index contributed by atoms with van der Waals surface area (Å²) in [5, 5.41) is 0. The van der Waals surface area contributed by atoms with E-state index in [-0.39, 0.29) is 0 Å². The Morgan fingerprint density at radius 1 is 0.127 bits per heavy atom. The molecule has 0 aliphatic carbocycles. The third-order valence-electron chi connectivity index (χ3n) is 25.4. The number of rotatable bonds is 96. The summed E-state index contributed by atoms with van der Waals surface area (Å²) in [5.74, 6) is 0. The summed E-state index contributed by atoms with van der Waals surface area (Å²) in [5.41, 5.74) is 0. The minimum atomic E-state index is -6.00. The second-order valence-electron chi connectivity index (χ2n) is 36.8. The van der Waals surface area contributed by atoms with E-state index in [0.717, 1.165) is 0 Å². The van der Waals surface area contributed by atoms with Crippen molar-refractivity contribution in [2.75, 3.05) is 37.0 Å². The number of unbranched alkanes of at least 4 members (excludes halogenated alkanes) is 84. The fourth-order valence-electron chi connectivity index (χ4n) is 18.0. The van der Waals surface area contributed by atoms with Gasteiger partial charge >= 0.3 is 7.25 Å².